The van der Waals surface area contributed by atoms with Gasteiger partial charge in [-0.3, -0.25) is 0 Å². The first kappa shape index (κ1) is 15.9. The number of ether oxygens (including phenoxy) is 1. The van der Waals surface area contributed by atoms with Gasteiger partial charge in [-0.05, 0) is 25.8 Å². The SMILES string of the molecule is CCOC1CC(N)(CN(C)CC(C)(C)C)C1(C)C. The maximum atomic E-state index is 6.60. The van der Waals surface area contributed by atoms with Gasteiger partial charge in [-0.1, -0.05) is 34.6 Å². The van der Waals surface area contributed by atoms with Gasteiger partial charge in [0, 0.05) is 30.7 Å². The minimum absolute atomic E-state index is 0.0646. The van der Waals surface area contributed by atoms with E-state index in [0.717, 1.165) is 26.1 Å². The third-order valence-corrected chi connectivity index (χ3v) is 4.30. The summed E-state index contributed by atoms with van der Waals surface area (Å²) in [5.74, 6) is 0. The van der Waals surface area contributed by atoms with Crippen LogP contribution in [-0.4, -0.2) is 43.3 Å². The second kappa shape index (κ2) is 5.10. The van der Waals surface area contributed by atoms with Crippen LogP contribution in [0, 0.1) is 10.8 Å². The Morgan fingerprint density at radius 3 is 2.28 bits per heavy atom. The average molecular weight is 256 g/mol. The summed E-state index contributed by atoms with van der Waals surface area (Å²) in [5.41, 5.74) is 6.86. The summed E-state index contributed by atoms with van der Waals surface area (Å²) in [7, 11) is 2.17. The smallest absolute Gasteiger partial charge is 0.0662 e. The van der Waals surface area contributed by atoms with E-state index in [9.17, 15) is 0 Å². The van der Waals surface area contributed by atoms with Gasteiger partial charge in [0.2, 0.25) is 0 Å². The summed E-state index contributed by atoms with van der Waals surface area (Å²) < 4.78 is 5.77. The van der Waals surface area contributed by atoms with Gasteiger partial charge in [-0.15, -0.1) is 0 Å². The number of hydrogen-bond acceptors (Lipinski definition) is 3. The van der Waals surface area contributed by atoms with E-state index in [2.05, 4.69) is 53.5 Å². The molecule has 0 aliphatic heterocycles. The van der Waals surface area contributed by atoms with Crippen molar-refractivity contribution < 1.29 is 4.74 Å². The Bertz CT molecular complexity index is 283. The Hall–Kier alpha value is -0.120. The molecule has 0 heterocycles. The quantitative estimate of drug-likeness (QED) is 0.821. The zero-order valence-electron chi connectivity index (χ0n) is 13.3. The zero-order valence-corrected chi connectivity index (χ0v) is 13.3. The van der Waals surface area contributed by atoms with Crippen LogP contribution in [0.25, 0.3) is 0 Å². The molecule has 1 aliphatic carbocycles. The molecule has 108 valence electrons. The fourth-order valence-corrected chi connectivity index (χ4v) is 3.12. The van der Waals surface area contributed by atoms with Crippen LogP contribution in [0.3, 0.4) is 0 Å². The zero-order chi connectivity index (χ0) is 14.2. The number of hydrogen-bond donors (Lipinski definition) is 1. The summed E-state index contributed by atoms with van der Waals surface area (Å²) in [6.45, 7) is 16.1. The van der Waals surface area contributed by atoms with Gasteiger partial charge in [0.05, 0.1) is 6.10 Å². The van der Waals surface area contributed by atoms with Gasteiger partial charge in [0.1, 0.15) is 0 Å². The Balaban J connectivity index is 2.57. The number of nitrogens with zero attached hydrogens (tertiary/aromatic N) is 1. The van der Waals surface area contributed by atoms with Crippen LogP contribution in [0.1, 0.15) is 48.0 Å². The van der Waals surface area contributed by atoms with Crippen molar-refractivity contribution in [2.24, 2.45) is 16.6 Å². The number of nitrogens with two attached hydrogens (primary N) is 1. The highest BCUT2D eigenvalue weighted by Crippen LogP contribution is 2.50. The van der Waals surface area contributed by atoms with Crippen LogP contribution < -0.4 is 5.73 Å². The van der Waals surface area contributed by atoms with Crippen molar-refractivity contribution in [3.63, 3.8) is 0 Å². The minimum Gasteiger partial charge on any atom is -0.378 e. The van der Waals surface area contributed by atoms with Crippen LogP contribution in [0.15, 0.2) is 0 Å². The standard InChI is InChI=1S/C15H32N2O/c1-8-18-12-9-15(16,14(12,5)6)11-17(7)10-13(2,3)4/h12H,8-11,16H2,1-7H3. The lowest BCUT2D eigenvalue weighted by atomic mass is 9.54. The molecule has 0 aromatic carbocycles. The number of likely N-dealkylation sites (N-methyl/N-ethyl adjacent to an activating group) is 1. The first-order chi connectivity index (χ1) is 8.02. The molecular formula is C15H32N2O. The third kappa shape index (κ3) is 3.25. The highest BCUT2D eigenvalue weighted by molar-refractivity contribution is 5.14. The Morgan fingerprint density at radius 1 is 1.33 bits per heavy atom. The molecule has 2 atom stereocenters. The molecule has 1 aliphatic rings. The Kier molecular flexibility index (Phi) is 4.52. The van der Waals surface area contributed by atoms with Gasteiger partial charge in [0.25, 0.3) is 0 Å². The molecule has 0 amide bonds. The summed E-state index contributed by atoms with van der Waals surface area (Å²) in [6, 6.07) is 0. The molecule has 3 heteroatoms. The van der Waals surface area contributed by atoms with Gasteiger partial charge < -0.3 is 15.4 Å². The highest BCUT2D eigenvalue weighted by atomic mass is 16.5. The summed E-state index contributed by atoms with van der Waals surface area (Å²) >= 11 is 0. The third-order valence-electron chi connectivity index (χ3n) is 4.30. The molecule has 0 bridgehead atoms. The molecule has 2 unspecified atom stereocenters. The first-order valence-electron chi connectivity index (χ1n) is 7.11. The fourth-order valence-electron chi connectivity index (χ4n) is 3.12. The van der Waals surface area contributed by atoms with Gasteiger partial charge in [-0.2, -0.15) is 0 Å². The van der Waals surface area contributed by atoms with Crippen molar-refractivity contribution in [2.75, 3.05) is 26.7 Å². The lowest BCUT2D eigenvalue weighted by molar-refractivity contribution is -0.156. The molecular weight excluding hydrogens is 224 g/mol. The molecule has 18 heavy (non-hydrogen) atoms. The van der Waals surface area contributed by atoms with Gasteiger partial charge in [-0.25, -0.2) is 0 Å². The molecule has 2 N–H and O–H groups in total. The molecule has 0 aromatic rings. The molecule has 1 fully saturated rings. The molecule has 1 saturated carbocycles. The summed E-state index contributed by atoms with van der Waals surface area (Å²) in [5, 5.41) is 0. The van der Waals surface area contributed by atoms with E-state index in [4.69, 9.17) is 10.5 Å². The lowest BCUT2D eigenvalue weighted by Crippen LogP contribution is -2.73. The summed E-state index contributed by atoms with van der Waals surface area (Å²) in [6.07, 6.45) is 1.29. The van der Waals surface area contributed by atoms with Crippen LogP contribution in [0.5, 0.6) is 0 Å². The van der Waals surface area contributed by atoms with E-state index in [1.165, 1.54) is 0 Å². The lowest BCUT2D eigenvalue weighted by Gasteiger charge is -2.60. The van der Waals surface area contributed by atoms with Crippen molar-refractivity contribution in [1.29, 1.82) is 0 Å². The van der Waals surface area contributed by atoms with E-state index in [-0.39, 0.29) is 11.0 Å². The maximum Gasteiger partial charge on any atom is 0.0662 e. The van der Waals surface area contributed by atoms with Crippen molar-refractivity contribution >= 4 is 0 Å². The molecule has 3 nitrogen and oxygen atoms in total. The predicted molar refractivity (Wildman–Crippen MR) is 77.7 cm³/mol. The van der Waals surface area contributed by atoms with E-state index in [1.54, 1.807) is 0 Å². The van der Waals surface area contributed by atoms with E-state index in [0.29, 0.717) is 11.5 Å². The van der Waals surface area contributed by atoms with E-state index in [1.807, 2.05) is 0 Å². The predicted octanol–water partition coefficient (Wildman–Crippen LogP) is 2.50. The Morgan fingerprint density at radius 2 is 1.89 bits per heavy atom. The highest BCUT2D eigenvalue weighted by Gasteiger charge is 2.58. The molecule has 0 spiro atoms. The average Bonchev–Trinajstić information content (AvgIpc) is 2.13. The largest absolute Gasteiger partial charge is 0.378 e. The molecule has 0 saturated heterocycles. The van der Waals surface area contributed by atoms with Gasteiger partial charge >= 0.3 is 0 Å². The monoisotopic (exact) mass is 256 g/mol. The first-order valence-corrected chi connectivity index (χ1v) is 7.11. The number of rotatable bonds is 5. The van der Waals surface area contributed by atoms with Crippen molar-refractivity contribution in [2.45, 2.75) is 59.6 Å². The van der Waals surface area contributed by atoms with Crippen molar-refractivity contribution in [1.82, 2.24) is 4.90 Å². The molecule has 0 radical (unpaired) electrons. The normalized spacial score (nSPS) is 31.5. The topological polar surface area (TPSA) is 38.5 Å². The van der Waals surface area contributed by atoms with Crippen molar-refractivity contribution in [3.05, 3.63) is 0 Å². The van der Waals surface area contributed by atoms with Crippen LogP contribution >= 0.6 is 0 Å². The van der Waals surface area contributed by atoms with Crippen LogP contribution in [0.2, 0.25) is 0 Å². The molecule has 0 aromatic heterocycles. The van der Waals surface area contributed by atoms with Crippen molar-refractivity contribution in [3.8, 4) is 0 Å². The second-order valence-electron chi connectivity index (χ2n) is 7.76. The minimum atomic E-state index is -0.118. The second-order valence-corrected chi connectivity index (χ2v) is 7.76. The maximum absolute atomic E-state index is 6.60. The fraction of sp³-hybridized carbons (Fsp3) is 1.00. The van der Waals surface area contributed by atoms with E-state index >= 15 is 0 Å². The van der Waals surface area contributed by atoms with Crippen LogP contribution in [0.4, 0.5) is 0 Å². The van der Waals surface area contributed by atoms with Crippen LogP contribution in [-0.2, 0) is 4.74 Å². The van der Waals surface area contributed by atoms with E-state index < -0.39 is 0 Å². The summed E-state index contributed by atoms with van der Waals surface area (Å²) in [4.78, 5) is 2.36. The molecule has 1 rings (SSSR count). The van der Waals surface area contributed by atoms with Gasteiger partial charge in [0.15, 0.2) is 0 Å². The Labute approximate surface area is 113 Å².